The van der Waals surface area contributed by atoms with E-state index in [-0.39, 0.29) is 18.0 Å². The van der Waals surface area contributed by atoms with Gasteiger partial charge in [0.15, 0.2) is 0 Å². The van der Waals surface area contributed by atoms with E-state index >= 15 is 0 Å². The predicted molar refractivity (Wildman–Crippen MR) is 98.0 cm³/mol. The fourth-order valence-corrected chi connectivity index (χ4v) is 2.76. The van der Waals surface area contributed by atoms with E-state index < -0.39 is 0 Å². The van der Waals surface area contributed by atoms with Gasteiger partial charge in [-0.3, -0.25) is 4.79 Å². The van der Waals surface area contributed by atoms with Gasteiger partial charge in [0, 0.05) is 5.56 Å². The first-order valence-electron chi connectivity index (χ1n) is 8.20. The molecule has 4 heteroatoms. The van der Waals surface area contributed by atoms with E-state index in [1.165, 1.54) is 5.57 Å². The van der Waals surface area contributed by atoms with Gasteiger partial charge in [-0.05, 0) is 32.5 Å². The second-order valence-electron chi connectivity index (χ2n) is 6.16. The van der Waals surface area contributed by atoms with Crippen molar-refractivity contribution in [2.45, 2.75) is 32.4 Å². The van der Waals surface area contributed by atoms with E-state index in [4.69, 9.17) is 4.74 Å². The van der Waals surface area contributed by atoms with Crippen LogP contribution < -0.4 is 15.4 Å². The van der Waals surface area contributed by atoms with Crippen LogP contribution in [0.1, 0.15) is 31.9 Å². The average molecular weight is 326 g/mol. The first-order chi connectivity index (χ1) is 11.5. The lowest BCUT2D eigenvalue weighted by atomic mass is 9.96. The number of fused-ring (bicyclic) bond motifs is 1. The second-order valence-corrected chi connectivity index (χ2v) is 6.16. The largest absolute Gasteiger partial charge is 0.491 e. The lowest BCUT2D eigenvalue weighted by Crippen LogP contribution is -2.49. The molecule has 0 radical (unpaired) electrons. The molecule has 0 bridgehead atoms. The van der Waals surface area contributed by atoms with Crippen molar-refractivity contribution >= 4 is 5.91 Å². The van der Waals surface area contributed by atoms with Gasteiger partial charge in [-0.25, -0.2) is 0 Å². The zero-order valence-electron chi connectivity index (χ0n) is 14.6. The Balaban J connectivity index is 2.05. The third-order valence-corrected chi connectivity index (χ3v) is 3.99. The van der Waals surface area contributed by atoms with Gasteiger partial charge in [0.1, 0.15) is 12.4 Å². The maximum atomic E-state index is 12.4. The van der Waals surface area contributed by atoms with Crippen molar-refractivity contribution in [2.24, 2.45) is 0 Å². The van der Waals surface area contributed by atoms with Crippen molar-refractivity contribution in [1.82, 2.24) is 10.6 Å². The molecule has 0 aliphatic carbocycles. The molecule has 1 amide bonds. The van der Waals surface area contributed by atoms with Crippen molar-refractivity contribution in [2.75, 3.05) is 13.7 Å². The number of rotatable bonds is 6. The molecular weight excluding hydrogens is 300 g/mol. The molecule has 0 spiro atoms. The highest BCUT2D eigenvalue weighted by Gasteiger charge is 2.30. The summed E-state index contributed by atoms with van der Waals surface area (Å²) < 4.78 is 5.78. The maximum absolute atomic E-state index is 12.4. The number of benzene rings is 1. The molecule has 2 rings (SSSR count). The minimum Gasteiger partial charge on any atom is -0.491 e. The molecule has 1 heterocycles. The summed E-state index contributed by atoms with van der Waals surface area (Å²) in [5, 5.41) is 6.36. The highest BCUT2D eigenvalue weighted by Crippen LogP contribution is 2.31. The quantitative estimate of drug-likeness (QED) is 0.789. The minimum absolute atomic E-state index is 0.0310. The number of carbonyl (C=O) groups excluding carboxylic acids is 1. The number of nitrogens with one attached hydrogen (secondary N) is 2. The van der Waals surface area contributed by atoms with Gasteiger partial charge in [0.2, 0.25) is 5.91 Å². The molecule has 0 saturated heterocycles. The fourth-order valence-electron chi connectivity index (χ4n) is 2.76. The number of amides is 1. The Labute approximate surface area is 144 Å². The van der Waals surface area contributed by atoms with Crippen molar-refractivity contribution in [1.29, 1.82) is 0 Å². The predicted octanol–water partition coefficient (Wildman–Crippen LogP) is 3.29. The van der Waals surface area contributed by atoms with Gasteiger partial charge in [-0.15, -0.1) is 0 Å². The molecule has 1 aliphatic rings. The van der Waals surface area contributed by atoms with Crippen molar-refractivity contribution in [3.8, 4) is 5.75 Å². The molecule has 4 nitrogen and oxygen atoms in total. The van der Waals surface area contributed by atoms with E-state index in [0.29, 0.717) is 13.0 Å². The van der Waals surface area contributed by atoms with Gasteiger partial charge in [-0.1, -0.05) is 48.6 Å². The van der Waals surface area contributed by atoms with Crippen LogP contribution in [-0.2, 0) is 4.79 Å². The van der Waals surface area contributed by atoms with E-state index in [9.17, 15) is 4.79 Å². The molecular formula is C20H26N2O2. The molecule has 0 saturated carbocycles. The minimum atomic E-state index is -0.105. The van der Waals surface area contributed by atoms with Gasteiger partial charge < -0.3 is 15.4 Å². The number of para-hydroxylation sites is 1. The van der Waals surface area contributed by atoms with E-state index in [2.05, 4.69) is 17.2 Å². The summed E-state index contributed by atoms with van der Waals surface area (Å²) in [7, 11) is 1.90. The van der Waals surface area contributed by atoms with Gasteiger partial charge >= 0.3 is 0 Å². The number of allylic oxidation sites excluding steroid dienone is 4. The average Bonchev–Trinajstić information content (AvgIpc) is 2.58. The lowest BCUT2D eigenvalue weighted by Gasteiger charge is -2.34. The van der Waals surface area contributed by atoms with Crippen molar-refractivity contribution < 1.29 is 9.53 Å². The lowest BCUT2D eigenvalue weighted by molar-refractivity contribution is -0.121. The normalized spacial score (nSPS) is 19.7. The van der Waals surface area contributed by atoms with Gasteiger partial charge in [-0.2, -0.15) is 0 Å². The Bertz CT molecular complexity index is 657. The molecule has 1 aromatic carbocycles. The standard InChI is InChI=1S/C20H26N2O2/c1-5-15(11-10-14(2)3)12-19(23)22-17-13-24-18-9-7-6-8-16(18)20(17)21-4/h5-11,17,20-21H,1,12-13H2,2-4H3,(H,22,23)/b15-11+. The molecule has 1 aromatic rings. The van der Waals surface area contributed by atoms with E-state index in [1.54, 1.807) is 6.08 Å². The summed E-state index contributed by atoms with van der Waals surface area (Å²) in [6.07, 6.45) is 5.95. The summed E-state index contributed by atoms with van der Waals surface area (Å²) in [4.78, 5) is 12.4. The first kappa shape index (κ1) is 18.0. The monoisotopic (exact) mass is 326 g/mol. The molecule has 2 atom stereocenters. The van der Waals surface area contributed by atoms with Crippen LogP contribution in [0, 0.1) is 0 Å². The Morgan fingerprint density at radius 3 is 2.75 bits per heavy atom. The zero-order chi connectivity index (χ0) is 17.5. The SMILES string of the molecule is C=C/C(=C\C=C(C)C)CC(=O)NC1COc2ccccc2C1NC. The van der Waals surface area contributed by atoms with Crippen molar-refractivity contribution in [3.63, 3.8) is 0 Å². The summed E-state index contributed by atoms with van der Waals surface area (Å²) in [5.74, 6) is 0.842. The first-order valence-corrected chi connectivity index (χ1v) is 8.20. The van der Waals surface area contributed by atoms with Crippen LogP contribution in [0.3, 0.4) is 0 Å². The second kappa shape index (κ2) is 8.50. The molecule has 2 N–H and O–H groups in total. The van der Waals surface area contributed by atoms with Crippen LogP contribution in [0.4, 0.5) is 0 Å². The van der Waals surface area contributed by atoms with Crippen LogP contribution in [0.2, 0.25) is 0 Å². The van der Waals surface area contributed by atoms with E-state index in [0.717, 1.165) is 16.9 Å². The van der Waals surface area contributed by atoms with E-state index in [1.807, 2.05) is 57.3 Å². The number of ether oxygens (including phenoxy) is 1. The number of hydrogen-bond acceptors (Lipinski definition) is 3. The smallest absolute Gasteiger partial charge is 0.224 e. The highest BCUT2D eigenvalue weighted by atomic mass is 16.5. The Morgan fingerprint density at radius 2 is 2.08 bits per heavy atom. The third kappa shape index (κ3) is 4.59. The van der Waals surface area contributed by atoms with Crippen LogP contribution in [-0.4, -0.2) is 25.6 Å². The number of carbonyl (C=O) groups is 1. The topological polar surface area (TPSA) is 50.4 Å². The molecule has 2 unspecified atom stereocenters. The van der Waals surface area contributed by atoms with Crippen LogP contribution in [0.15, 0.2) is 60.2 Å². The van der Waals surface area contributed by atoms with Crippen LogP contribution in [0.5, 0.6) is 5.75 Å². The molecule has 1 aliphatic heterocycles. The van der Waals surface area contributed by atoms with Gasteiger partial charge in [0.25, 0.3) is 0 Å². The summed E-state index contributed by atoms with van der Waals surface area (Å²) in [6.45, 7) is 8.28. The molecule has 0 aromatic heterocycles. The molecule has 24 heavy (non-hydrogen) atoms. The number of likely N-dealkylation sites (N-methyl/N-ethyl adjacent to an activating group) is 1. The van der Waals surface area contributed by atoms with Crippen LogP contribution >= 0.6 is 0 Å². The Hall–Kier alpha value is -2.33. The summed E-state index contributed by atoms with van der Waals surface area (Å²) >= 11 is 0. The number of hydrogen-bond donors (Lipinski definition) is 2. The highest BCUT2D eigenvalue weighted by molar-refractivity contribution is 5.79. The van der Waals surface area contributed by atoms with Crippen molar-refractivity contribution in [3.05, 3.63) is 65.8 Å². The van der Waals surface area contributed by atoms with Crippen LogP contribution in [0.25, 0.3) is 0 Å². The summed E-state index contributed by atoms with van der Waals surface area (Å²) in [5.41, 5.74) is 3.15. The maximum Gasteiger partial charge on any atom is 0.224 e. The third-order valence-electron chi connectivity index (χ3n) is 3.99. The molecule has 128 valence electrons. The molecule has 0 fully saturated rings. The Kier molecular flexibility index (Phi) is 6.38. The Morgan fingerprint density at radius 1 is 1.33 bits per heavy atom. The summed E-state index contributed by atoms with van der Waals surface area (Å²) in [6, 6.07) is 7.84. The van der Waals surface area contributed by atoms with Gasteiger partial charge in [0.05, 0.1) is 18.5 Å². The fraction of sp³-hybridized carbons (Fsp3) is 0.350. The zero-order valence-corrected chi connectivity index (χ0v) is 14.6.